The van der Waals surface area contributed by atoms with Crippen LogP contribution in [0.25, 0.3) is 0 Å². The lowest BCUT2D eigenvalue weighted by atomic mass is 9.68. The minimum absolute atomic E-state index is 0.531. The molecule has 0 aliphatic heterocycles. The average Bonchev–Trinajstić information content (AvgIpc) is 2.99. The van der Waals surface area contributed by atoms with E-state index in [0.717, 1.165) is 41.4 Å². The third kappa shape index (κ3) is 5.99. The maximum absolute atomic E-state index is 2.62. The third-order valence-corrected chi connectivity index (χ3v) is 9.32. The van der Waals surface area contributed by atoms with Gasteiger partial charge in [-0.3, -0.25) is 0 Å². The zero-order valence-corrected chi connectivity index (χ0v) is 19.4. The highest BCUT2D eigenvalue weighted by Gasteiger charge is 2.38. The summed E-state index contributed by atoms with van der Waals surface area (Å²) in [6.45, 7) is 12.5. The quantitative estimate of drug-likeness (QED) is 0.407. The molecule has 0 spiro atoms. The van der Waals surface area contributed by atoms with Gasteiger partial charge in [-0.15, -0.1) is 0 Å². The van der Waals surface area contributed by atoms with Crippen LogP contribution in [-0.4, -0.2) is 0 Å². The van der Waals surface area contributed by atoms with E-state index >= 15 is 0 Å². The molecule has 3 fully saturated rings. The molecule has 7 unspecified atom stereocenters. The Morgan fingerprint density at radius 3 is 2.22 bits per heavy atom. The largest absolute Gasteiger partial charge is 0.0625 e. The smallest absolute Gasteiger partial charge is 0.0354 e. The van der Waals surface area contributed by atoms with Gasteiger partial charge in [-0.2, -0.15) is 0 Å². The van der Waals surface area contributed by atoms with Gasteiger partial charge >= 0.3 is 0 Å². The zero-order chi connectivity index (χ0) is 19.4. The number of unbranched alkanes of at least 4 members (excludes halogenated alkanes) is 1. The Labute approximate surface area is 171 Å². The van der Waals surface area contributed by atoms with E-state index < -0.39 is 0 Å². The molecule has 0 bridgehead atoms. The monoisotopic (exact) mass is 374 g/mol. The van der Waals surface area contributed by atoms with Crippen molar-refractivity contribution in [3.63, 3.8) is 0 Å². The molecule has 3 aliphatic rings. The van der Waals surface area contributed by atoms with Crippen molar-refractivity contribution in [3.05, 3.63) is 0 Å². The highest BCUT2D eigenvalue weighted by molar-refractivity contribution is 4.88. The van der Waals surface area contributed by atoms with Gasteiger partial charge in [0.1, 0.15) is 0 Å². The second-order valence-electron chi connectivity index (χ2n) is 12.3. The van der Waals surface area contributed by atoms with Crippen LogP contribution >= 0.6 is 0 Å². The summed E-state index contributed by atoms with van der Waals surface area (Å²) in [4.78, 5) is 0. The normalized spacial score (nSPS) is 41.0. The van der Waals surface area contributed by atoms with Crippen LogP contribution in [0, 0.1) is 46.8 Å². The Morgan fingerprint density at radius 2 is 1.48 bits per heavy atom. The molecule has 0 nitrogen and oxygen atoms in total. The molecule has 158 valence electrons. The maximum Gasteiger partial charge on any atom is -0.0354 e. The van der Waals surface area contributed by atoms with E-state index in [0.29, 0.717) is 5.41 Å². The summed E-state index contributed by atoms with van der Waals surface area (Å²) in [5, 5.41) is 0. The van der Waals surface area contributed by atoms with Crippen LogP contribution < -0.4 is 0 Å². The van der Waals surface area contributed by atoms with Gasteiger partial charge in [-0.25, -0.2) is 0 Å². The topological polar surface area (TPSA) is 0 Å². The number of rotatable bonds is 6. The fourth-order valence-corrected chi connectivity index (χ4v) is 7.40. The number of hydrogen-bond acceptors (Lipinski definition) is 0. The van der Waals surface area contributed by atoms with Gasteiger partial charge in [0.15, 0.2) is 0 Å². The predicted molar refractivity (Wildman–Crippen MR) is 120 cm³/mol. The molecular weight excluding hydrogens is 324 g/mol. The lowest BCUT2D eigenvalue weighted by Crippen LogP contribution is -2.27. The van der Waals surface area contributed by atoms with Crippen molar-refractivity contribution in [1.82, 2.24) is 0 Å². The van der Waals surface area contributed by atoms with E-state index in [9.17, 15) is 0 Å². The summed E-state index contributed by atoms with van der Waals surface area (Å²) in [6.07, 6.45) is 21.3. The van der Waals surface area contributed by atoms with Crippen molar-refractivity contribution >= 4 is 0 Å². The van der Waals surface area contributed by atoms with Crippen LogP contribution in [0.1, 0.15) is 125 Å². The molecule has 3 saturated carbocycles. The highest BCUT2D eigenvalue weighted by Crippen LogP contribution is 2.48. The minimum atomic E-state index is 0.531. The highest BCUT2D eigenvalue weighted by atomic mass is 14.4. The van der Waals surface area contributed by atoms with Crippen molar-refractivity contribution in [1.29, 1.82) is 0 Å². The predicted octanol–water partition coefficient (Wildman–Crippen LogP) is 8.89. The second kappa shape index (κ2) is 9.67. The summed E-state index contributed by atoms with van der Waals surface area (Å²) in [5.74, 6) is 7.24. The first-order chi connectivity index (χ1) is 12.8. The lowest BCUT2D eigenvalue weighted by Gasteiger charge is -2.38. The molecule has 0 saturated heterocycles. The molecule has 0 heterocycles. The van der Waals surface area contributed by atoms with Crippen LogP contribution in [0.15, 0.2) is 0 Å². The van der Waals surface area contributed by atoms with Crippen molar-refractivity contribution in [2.75, 3.05) is 0 Å². The van der Waals surface area contributed by atoms with E-state index in [4.69, 9.17) is 0 Å². The summed E-state index contributed by atoms with van der Waals surface area (Å²) < 4.78 is 0. The van der Waals surface area contributed by atoms with Gasteiger partial charge in [0.05, 0.1) is 0 Å². The molecule has 0 N–H and O–H groups in total. The van der Waals surface area contributed by atoms with Crippen LogP contribution in [0.3, 0.4) is 0 Å². The first kappa shape index (κ1) is 21.7. The minimum Gasteiger partial charge on any atom is -0.0625 e. The first-order valence-electron chi connectivity index (χ1n) is 12.8. The van der Waals surface area contributed by atoms with Crippen LogP contribution in [0.4, 0.5) is 0 Å². The molecule has 27 heavy (non-hydrogen) atoms. The Hall–Kier alpha value is 0. The van der Waals surface area contributed by atoms with Crippen molar-refractivity contribution in [2.24, 2.45) is 46.8 Å². The molecule has 0 amide bonds. The summed E-state index contributed by atoms with van der Waals surface area (Å²) >= 11 is 0. The summed E-state index contributed by atoms with van der Waals surface area (Å²) in [5.41, 5.74) is 0.531. The van der Waals surface area contributed by atoms with E-state index in [2.05, 4.69) is 34.6 Å². The zero-order valence-electron chi connectivity index (χ0n) is 19.4. The van der Waals surface area contributed by atoms with E-state index in [1.165, 1.54) is 64.2 Å². The Bertz CT molecular complexity index is 430. The average molecular weight is 375 g/mol. The Morgan fingerprint density at radius 1 is 0.741 bits per heavy atom. The van der Waals surface area contributed by atoms with E-state index in [1.807, 2.05) is 0 Å². The van der Waals surface area contributed by atoms with E-state index in [-0.39, 0.29) is 0 Å². The molecule has 0 heteroatoms. The fraction of sp³-hybridized carbons (Fsp3) is 1.00. The number of hydrogen-bond donors (Lipinski definition) is 0. The van der Waals surface area contributed by atoms with Crippen molar-refractivity contribution < 1.29 is 0 Å². The van der Waals surface area contributed by atoms with Gasteiger partial charge in [0, 0.05) is 0 Å². The maximum atomic E-state index is 2.62. The summed E-state index contributed by atoms with van der Waals surface area (Å²) in [7, 11) is 0. The third-order valence-electron chi connectivity index (χ3n) is 9.32. The van der Waals surface area contributed by atoms with Gasteiger partial charge in [0.25, 0.3) is 0 Å². The second-order valence-corrected chi connectivity index (χ2v) is 12.3. The first-order valence-corrected chi connectivity index (χ1v) is 12.8. The molecule has 0 aromatic carbocycles. The van der Waals surface area contributed by atoms with Crippen molar-refractivity contribution in [2.45, 2.75) is 125 Å². The molecular formula is C27H50. The van der Waals surface area contributed by atoms with Crippen LogP contribution in [0.5, 0.6) is 0 Å². The van der Waals surface area contributed by atoms with Gasteiger partial charge in [0.2, 0.25) is 0 Å². The molecule has 0 aromatic rings. The fourth-order valence-electron chi connectivity index (χ4n) is 7.40. The molecule has 0 radical (unpaired) electrons. The van der Waals surface area contributed by atoms with E-state index in [1.54, 1.807) is 25.7 Å². The van der Waals surface area contributed by atoms with Crippen LogP contribution in [-0.2, 0) is 0 Å². The van der Waals surface area contributed by atoms with Crippen LogP contribution in [0.2, 0.25) is 0 Å². The SMILES string of the molecule is CC1CCCC(C2CCC(CCCCC3CCCC(C(C)(C)C)C3)C2C)C1. The van der Waals surface area contributed by atoms with Gasteiger partial charge in [-0.1, -0.05) is 92.4 Å². The Balaban J connectivity index is 1.35. The standard InChI is InChI=1S/C27H50/c1-20-10-8-14-24(18-20)26-17-16-23(21(26)2)13-7-6-11-22-12-9-15-25(19-22)27(3,4)5/h20-26H,6-19H2,1-5H3. The summed E-state index contributed by atoms with van der Waals surface area (Å²) in [6, 6.07) is 0. The lowest BCUT2D eigenvalue weighted by molar-refractivity contribution is 0.135. The van der Waals surface area contributed by atoms with Crippen molar-refractivity contribution in [3.8, 4) is 0 Å². The molecule has 3 rings (SSSR count). The molecule has 3 aliphatic carbocycles. The molecule has 0 aromatic heterocycles. The molecule has 7 atom stereocenters. The van der Waals surface area contributed by atoms with Gasteiger partial charge in [-0.05, 0) is 78.9 Å². The van der Waals surface area contributed by atoms with Gasteiger partial charge < -0.3 is 0 Å². The Kier molecular flexibility index (Phi) is 7.77.